The number of hydrogen-bond acceptors (Lipinski definition) is 4. The molecular weight excluding hydrogens is 361 g/mol. The van der Waals surface area contributed by atoms with Crippen LogP contribution in [0.3, 0.4) is 0 Å². The summed E-state index contributed by atoms with van der Waals surface area (Å²) in [6.45, 7) is 2.56. The Hall–Kier alpha value is -2.45. The first kappa shape index (κ1) is 17.9. The van der Waals surface area contributed by atoms with Gasteiger partial charge in [0, 0.05) is 25.1 Å². The first-order chi connectivity index (χ1) is 12.8. The number of anilines is 1. The van der Waals surface area contributed by atoms with Crippen LogP contribution in [0.15, 0.2) is 28.9 Å². The smallest absolute Gasteiger partial charge is 0.410 e. The maximum absolute atomic E-state index is 13.6. The van der Waals surface area contributed by atoms with E-state index in [4.69, 9.17) is 4.42 Å². The standard InChI is InChI=1S/C18H21F3N4O2/c1-11-5-2-3-7-24(11)17(26)13-10-16-22-12(14-6-4-8-27-14)9-15(18(19,20)21)25(16)23-13/h4,6,8,10-12,15,22H,2-3,5,7,9H2,1H3. The zero-order chi connectivity index (χ0) is 19.2. The summed E-state index contributed by atoms with van der Waals surface area (Å²) in [6.07, 6.45) is -0.464. The number of hydrogen-bond donors (Lipinski definition) is 1. The predicted octanol–water partition coefficient (Wildman–Crippen LogP) is 4.15. The monoisotopic (exact) mass is 382 g/mol. The maximum Gasteiger partial charge on any atom is 0.410 e. The Morgan fingerprint density at radius 2 is 2.19 bits per heavy atom. The number of amides is 1. The average Bonchev–Trinajstić information content (AvgIpc) is 3.29. The number of nitrogens with zero attached hydrogens (tertiary/aromatic N) is 3. The number of alkyl halides is 3. The number of furan rings is 1. The lowest BCUT2D eigenvalue weighted by Crippen LogP contribution is -2.42. The fraction of sp³-hybridized carbons (Fsp3) is 0.556. The van der Waals surface area contributed by atoms with Crippen molar-refractivity contribution >= 4 is 11.7 Å². The Morgan fingerprint density at radius 3 is 2.85 bits per heavy atom. The number of carbonyl (C=O) groups is 1. The van der Waals surface area contributed by atoms with Crippen LogP contribution < -0.4 is 5.32 Å². The second kappa shape index (κ2) is 6.61. The lowest BCUT2D eigenvalue weighted by Gasteiger charge is -2.33. The SMILES string of the molecule is CC1CCCCN1C(=O)c1cc2n(n1)C(C(F)(F)F)CC(c1ccco1)N2. The van der Waals surface area contributed by atoms with Crippen LogP contribution in [0.25, 0.3) is 0 Å². The molecule has 1 fully saturated rings. The molecule has 146 valence electrons. The van der Waals surface area contributed by atoms with Gasteiger partial charge in [-0.15, -0.1) is 0 Å². The summed E-state index contributed by atoms with van der Waals surface area (Å²) >= 11 is 0. The van der Waals surface area contributed by atoms with Crippen molar-refractivity contribution in [3.63, 3.8) is 0 Å². The highest BCUT2D eigenvalue weighted by Gasteiger charge is 2.47. The number of fused-ring (bicyclic) bond motifs is 1. The number of aromatic nitrogens is 2. The summed E-state index contributed by atoms with van der Waals surface area (Å²) in [5.41, 5.74) is 0.0422. The topological polar surface area (TPSA) is 63.3 Å². The van der Waals surface area contributed by atoms with Crippen LogP contribution in [0.4, 0.5) is 19.0 Å². The summed E-state index contributed by atoms with van der Waals surface area (Å²) in [5.74, 6) is 0.286. The quantitative estimate of drug-likeness (QED) is 0.848. The fourth-order valence-electron chi connectivity index (χ4n) is 3.90. The minimum atomic E-state index is -4.48. The number of carbonyl (C=O) groups excluding carboxylic acids is 1. The Morgan fingerprint density at radius 1 is 1.37 bits per heavy atom. The van der Waals surface area contributed by atoms with Gasteiger partial charge in [0.05, 0.1) is 12.3 Å². The minimum absolute atomic E-state index is 0.0422. The van der Waals surface area contributed by atoms with Gasteiger partial charge in [0.25, 0.3) is 5.91 Å². The minimum Gasteiger partial charge on any atom is -0.467 e. The molecule has 0 spiro atoms. The highest BCUT2D eigenvalue weighted by atomic mass is 19.4. The Balaban J connectivity index is 1.66. The largest absolute Gasteiger partial charge is 0.467 e. The highest BCUT2D eigenvalue weighted by Crippen LogP contribution is 2.43. The maximum atomic E-state index is 13.6. The molecule has 1 N–H and O–H groups in total. The van der Waals surface area contributed by atoms with Crippen molar-refractivity contribution in [3.05, 3.63) is 35.9 Å². The van der Waals surface area contributed by atoms with Crippen molar-refractivity contribution in [3.8, 4) is 0 Å². The molecule has 0 aromatic carbocycles. The van der Waals surface area contributed by atoms with Crippen LogP contribution in [0.2, 0.25) is 0 Å². The first-order valence-electron chi connectivity index (χ1n) is 9.12. The molecule has 0 bridgehead atoms. The summed E-state index contributed by atoms with van der Waals surface area (Å²) in [5, 5.41) is 7.06. The van der Waals surface area contributed by atoms with Crippen LogP contribution >= 0.6 is 0 Å². The molecular formula is C18H21F3N4O2. The second-order valence-electron chi connectivity index (χ2n) is 7.21. The van der Waals surface area contributed by atoms with Crippen LogP contribution in [0, 0.1) is 0 Å². The molecule has 1 saturated heterocycles. The van der Waals surface area contributed by atoms with E-state index in [1.54, 1.807) is 17.0 Å². The van der Waals surface area contributed by atoms with E-state index in [2.05, 4.69) is 10.4 Å². The number of nitrogens with one attached hydrogen (secondary N) is 1. The Bertz CT molecular complexity index is 815. The molecule has 0 radical (unpaired) electrons. The second-order valence-corrected chi connectivity index (χ2v) is 7.21. The molecule has 2 aliphatic heterocycles. The molecule has 27 heavy (non-hydrogen) atoms. The van der Waals surface area contributed by atoms with E-state index in [0.717, 1.165) is 23.9 Å². The Labute approximate surface area is 154 Å². The van der Waals surface area contributed by atoms with Gasteiger partial charge in [-0.05, 0) is 38.3 Å². The molecule has 0 aliphatic carbocycles. The molecule has 4 heterocycles. The molecule has 1 amide bonds. The number of piperidine rings is 1. The first-order valence-corrected chi connectivity index (χ1v) is 9.12. The molecule has 2 aliphatic rings. The third-order valence-electron chi connectivity index (χ3n) is 5.36. The van der Waals surface area contributed by atoms with Crippen LogP contribution in [0.5, 0.6) is 0 Å². The van der Waals surface area contributed by atoms with Gasteiger partial charge in [-0.2, -0.15) is 18.3 Å². The van der Waals surface area contributed by atoms with Gasteiger partial charge in [0.2, 0.25) is 0 Å². The summed E-state index contributed by atoms with van der Waals surface area (Å²) in [7, 11) is 0. The normalized spacial score (nSPS) is 25.8. The molecule has 3 unspecified atom stereocenters. The summed E-state index contributed by atoms with van der Waals surface area (Å²) in [6, 6.07) is 2.30. The molecule has 0 saturated carbocycles. The van der Waals surface area contributed by atoms with Gasteiger partial charge in [-0.1, -0.05) is 0 Å². The van der Waals surface area contributed by atoms with Gasteiger partial charge < -0.3 is 14.6 Å². The lowest BCUT2D eigenvalue weighted by molar-refractivity contribution is -0.174. The Kier molecular flexibility index (Phi) is 4.39. The van der Waals surface area contributed by atoms with E-state index >= 15 is 0 Å². The van der Waals surface area contributed by atoms with E-state index in [1.807, 2.05) is 6.92 Å². The fourth-order valence-corrected chi connectivity index (χ4v) is 3.90. The van der Waals surface area contributed by atoms with Gasteiger partial charge >= 0.3 is 6.18 Å². The van der Waals surface area contributed by atoms with Crippen LogP contribution in [-0.2, 0) is 0 Å². The zero-order valence-corrected chi connectivity index (χ0v) is 14.9. The molecule has 9 heteroatoms. The van der Waals surface area contributed by atoms with Crippen molar-refractivity contribution in [1.29, 1.82) is 0 Å². The summed E-state index contributed by atoms with van der Waals surface area (Å²) < 4.78 is 47.1. The van der Waals surface area contributed by atoms with Gasteiger partial charge in [0.15, 0.2) is 11.7 Å². The zero-order valence-electron chi connectivity index (χ0n) is 14.9. The summed E-state index contributed by atoms with van der Waals surface area (Å²) in [4.78, 5) is 14.5. The van der Waals surface area contributed by atoms with Crippen molar-refractivity contribution in [2.45, 2.75) is 56.9 Å². The van der Waals surface area contributed by atoms with Crippen molar-refractivity contribution in [2.24, 2.45) is 0 Å². The average molecular weight is 382 g/mol. The molecule has 6 nitrogen and oxygen atoms in total. The highest BCUT2D eigenvalue weighted by molar-refractivity contribution is 5.93. The molecule has 2 aromatic rings. The van der Waals surface area contributed by atoms with Gasteiger partial charge in [0.1, 0.15) is 11.6 Å². The van der Waals surface area contributed by atoms with Crippen molar-refractivity contribution < 1.29 is 22.4 Å². The number of rotatable bonds is 2. The van der Waals surface area contributed by atoms with Crippen molar-refractivity contribution in [1.82, 2.24) is 14.7 Å². The third-order valence-corrected chi connectivity index (χ3v) is 5.36. The van der Waals surface area contributed by atoms with Crippen LogP contribution in [0.1, 0.15) is 60.9 Å². The van der Waals surface area contributed by atoms with Gasteiger partial charge in [-0.25, -0.2) is 4.68 Å². The van der Waals surface area contributed by atoms with E-state index in [0.29, 0.717) is 12.3 Å². The van der Waals surface area contributed by atoms with E-state index in [9.17, 15) is 18.0 Å². The third kappa shape index (κ3) is 3.30. The molecule has 4 rings (SSSR count). The molecule has 2 aromatic heterocycles. The predicted molar refractivity (Wildman–Crippen MR) is 91.4 cm³/mol. The number of halogens is 3. The van der Waals surface area contributed by atoms with Crippen molar-refractivity contribution in [2.75, 3.05) is 11.9 Å². The lowest BCUT2D eigenvalue weighted by atomic mass is 10.0. The van der Waals surface area contributed by atoms with Gasteiger partial charge in [-0.3, -0.25) is 4.79 Å². The van der Waals surface area contributed by atoms with Crippen LogP contribution in [-0.4, -0.2) is 39.4 Å². The number of likely N-dealkylation sites (tertiary alicyclic amines) is 1. The van der Waals surface area contributed by atoms with E-state index in [1.165, 1.54) is 12.3 Å². The van der Waals surface area contributed by atoms with E-state index in [-0.39, 0.29) is 29.9 Å². The van der Waals surface area contributed by atoms with E-state index < -0.39 is 18.3 Å². The molecule has 3 atom stereocenters.